The van der Waals surface area contributed by atoms with Crippen LogP contribution in [0.1, 0.15) is 19.3 Å². The number of hydrogen-bond acceptors (Lipinski definition) is 1. The van der Waals surface area contributed by atoms with E-state index >= 15 is 0 Å². The van der Waals surface area contributed by atoms with Crippen LogP contribution in [-0.4, -0.2) is 12.0 Å². The van der Waals surface area contributed by atoms with E-state index in [4.69, 9.17) is 0 Å². The van der Waals surface area contributed by atoms with Crippen molar-refractivity contribution in [3.05, 3.63) is 11.6 Å². The van der Waals surface area contributed by atoms with Gasteiger partial charge in [-0.1, -0.05) is 11.6 Å². The van der Waals surface area contributed by atoms with E-state index in [1.54, 1.807) is 5.57 Å². The van der Waals surface area contributed by atoms with Crippen LogP contribution >= 0.6 is 11.8 Å². The molecule has 0 spiro atoms. The van der Waals surface area contributed by atoms with Crippen LogP contribution in [0.4, 0.5) is 0 Å². The smallest absolute Gasteiger partial charge is 0.00360 e. The average molecular weight is 154 g/mol. The van der Waals surface area contributed by atoms with E-state index in [9.17, 15) is 0 Å². The lowest BCUT2D eigenvalue weighted by Gasteiger charge is -2.16. The highest BCUT2D eigenvalue weighted by Gasteiger charge is 2.32. The Morgan fingerprint density at radius 2 is 2.50 bits per heavy atom. The number of thioether (sulfide) groups is 1. The van der Waals surface area contributed by atoms with E-state index in [2.05, 4.69) is 12.3 Å². The molecule has 2 atom stereocenters. The number of hydrogen-bond donors (Lipinski definition) is 0. The SMILES string of the molecule is CSCC1CC2=CC[C@@H]1C2. The van der Waals surface area contributed by atoms with Gasteiger partial charge in [-0.15, -0.1) is 0 Å². The van der Waals surface area contributed by atoms with Gasteiger partial charge in [0.2, 0.25) is 0 Å². The zero-order valence-electron chi connectivity index (χ0n) is 6.47. The van der Waals surface area contributed by atoms with E-state index in [0.29, 0.717) is 0 Å². The van der Waals surface area contributed by atoms with Gasteiger partial charge in [-0.2, -0.15) is 11.8 Å². The molecule has 0 saturated heterocycles. The van der Waals surface area contributed by atoms with Gasteiger partial charge < -0.3 is 0 Å². The second-order valence-corrected chi connectivity index (χ2v) is 4.39. The van der Waals surface area contributed by atoms with Crippen molar-refractivity contribution in [2.45, 2.75) is 19.3 Å². The standard InChI is InChI=1S/C9H14S/c1-10-6-9-5-7-2-3-8(9)4-7/h2,8-9H,3-6H2,1H3/t8-,9?/m1/s1. The van der Waals surface area contributed by atoms with Gasteiger partial charge in [-0.05, 0) is 43.1 Å². The second kappa shape index (κ2) is 2.61. The van der Waals surface area contributed by atoms with Crippen molar-refractivity contribution in [3.8, 4) is 0 Å². The van der Waals surface area contributed by atoms with Gasteiger partial charge in [0.1, 0.15) is 0 Å². The second-order valence-electron chi connectivity index (χ2n) is 3.48. The summed E-state index contributed by atoms with van der Waals surface area (Å²) in [6.07, 6.45) is 8.93. The molecule has 1 fully saturated rings. The Labute approximate surface area is 67.1 Å². The summed E-state index contributed by atoms with van der Waals surface area (Å²) in [5, 5.41) is 0. The van der Waals surface area contributed by atoms with Gasteiger partial charge in [-0.3, -0.25) is 0 Å². The highest BCUT2D eigenvalue weighted by molar-refractivity contribution is 7.98. The van der Waals surface area contributed by atoms with Gasteiger partial charge in [0.05, 0.1) is 0 Å². The molecule has 0 radical (unpaired) electrons. The molecule has 0 aliphatic heterocycles. The Morgan fingerprint density at radius 1 is 1.60 bits per heavy atom. The monoisotopic (exact) mass is 154 g/mol. The Kier molecular flexibility index (Phi) is 1.77. The summed E-state index contributed by atoms with van der Waals surface area (Å²) < 4.78 is 0. The molecule has 0 heterocycles. The van der Waals surface area contributed by atoms with E-state index in [0.717, 1.165) is 11.8 Å². The third-order valence-electron chi connectivity index (χ3n) is 2.81. The fourth-order valence-corrected chi connectivity index (χ4v) is 3.08. The molecule has 0 N–H and O–H groups in total. The first-order valence-corrected chi connectivity index (χ1v) is 5.46. The predicted molar refractivity (Wildman–Crippen MR) is 47.3 cm³/mol. The molecule has 0 amide bonds. The fraction of sp³-hybridized carbons (Fsp3) is 0.778. The molecule has 2 aliphatic rings. The van der Waals surface area contributed by atoms with Crippen molar-refractivity contribution < 1.29 is 0 Å². The van der Waals surface area contributed by atoms with Crippen molar-refractivity contribution in [3.63, 3.8) is 0 Å². The summed E-state index contributed by atoms with van der Waals surface area (Å²) in [6, 6.07) is 0. The molecule has 1 saturated carbocycles. The molecule has 0 aromatic rings. The van der Waals surface area contributed by atoms with Crippen LogP contribution in [0.2, 0.25) is 0 Å². The molecule has 1 heteroatoms. The summed E-state index contributed by atoms with van der Waals surface area (Å²) in [5.41, 5.74) is 1.75. The van der Waals surface area contributed by atoms with Crippen molar-refractivity contribution in [2.75, 3.05) is 12.0 Å². The average Bonchev–Trinajstić information content (AvgIpc) is 2.48. The molecule has 2 rings (SSSR count). The summed E-state index contributed by atoms with van der Waals surface area (Å²) >= 11 is 2.01. The molecule has 2 aliphatic carbocycles. The van der Waals surface area contributed by atoms with E-state index in [1.807, 2.05) is 11.8 Å². The first-order chi connectivity index (χ1) is 4.90. The molecule has 56 valence electrons. The Hall–Kier alpha value is 0.0900. The minimum absolute atomic E-state index is 1.04. The minimum Gasteiger partial charge on any atom is -0.165 e. The normalized spacial score (nSPS) is 36.7. The van der Waals surface area contributed by atoms with Crippen molar-refractivity contribution in [1.29, 1.82) is 0 Å². The van der Waals surface area contributed by atoms with Crippen LogP contribution in [0.25, 0.3) is 0 Å². The lowest BCUT2D eigenvalue weighted by molar-refractivity contribution is 0.431. The fourth-order valence-electron chi connectivity index (χ4n) is 2.26. The largest absolute Gasteiger partial charge is 0.165 e. The Balaban J connectivity index is 1.97. The van der Waals surface area contributed by atoms with Gasteiger partial charge >= 0.3 is 0 Å². The zero-order chi connectivity index (χ0) is 6.97. The maximum atomic E-state index is 2.46. The maximum absolute atomic E-state index is 2.46. The van der Waals surface area contributed by atoms with Crippen molar-refractivity contribution in [1.82, 2.24) is 0 Å². The highest BCUT2D eigenvalue weighted by Crippen LogP contribution is 2.44. The predicted octanol–water partition coefficient (Wildman–Crippen LogP) is 2.71. The molecule has 10 heavy (non-hydrogen) atoms. The van der Waals surface area contributed by atoms with Gasteiger partial charge in [0, 0.05) is 0 Å². The first kappa shape index (κ1) is 6.78. The molecular weight excluding hydrogens is 140 g/mol. The quantitative estimate of drug-likeness (QED) is 0.551. The van der Waals surface area contributed by atoms with Crippen molar-refractivity contribution >= 4 is 11.8 Å². The molecular formula is C9H14S. The summed E-state index contributed by atoms with van der Waals surface area (Å²) in [6.45, 7) is 0. The summed E-state index contributed by atoms with van der Waals surface area (Å²) in [7, 11) is 0. The Bertz CT molecular complexity index is 160. The zero-order valence-corrected chi connectivity index (χ0v) is 7.29. The molecule has 2 bridgehead atoms. The summed E-state index contributed by atoms with van der Waals surface area (Å²) in [5.74, 6) is 3.47. The molecule has 1 unspecified atom stereocenters. The van der Waals surface area contributed by atoms with E-state index < -0.39 is 0 Å². The number of rotatable bonds is 2. The van der Waals surface area contributed by atoms with Gasteiger partial charge in [0.15, 0.2) is 0 Å². The number of fused-ring (bicyclic) bond motifs is 2. The van der Waals surface area contributed by atoms with Crippen LogP contribution in [0.3, 0.4) is 0 Å². The van der Waals surface area contributed by atoms with Crippen LogP contribution in [0, 0.1) is 11.8 Å². The van der Waals surface area contributed by atoms with Gasteiger partial charge in [0.25, 0.3) is 0 Å². The highest BCUT2D eigenvalue weighted by atomic mass is 32.2. The van der Waals surface area contributed by atoms with E-state index in [1.165, 1.54) is 25.0 Å². The lowest BCUT2D eigenvalue weighted by Crippen LogP contribution is -2.09. The molecule has 0 aromatic heterocycles. The topological polar surface area (TPSA) is 0 Å². The van der Waals surface area contributed by atoms with Crippen LogP contribution in [-0.2, 0) is 0 Å². The maximum Gasteiger partial charge on any atom is -0.00360 e. The van der Waals surface area contributed by atoms with Crippen molar-refractivity contribution in [2.24, 2.45) is 11.8 Å². The Morgan fingerprint density at radius 3 is 3.00 bits per heavy atom. The van der Waals surface area contributed by atoms with Gasteiger partial charge in [-0.25, -0.2) is 0 Å². The molecule has 0 aromatic carbocycles. The minimum atomic E-state index is 1.04. The first-order valence-electron chi connectivity index (χ1n) is 4.07. The van der Waals surface area contributed by atoms with Crippen LogP contribution < -0.4 is 0 Å². The van der Waals surface area contributed by atoms with E-state index in [-0.39, 0.29) is 0 Å². The molecule has 0 nitrogen and oxygen atoms in total. The lowest BCUT2D eigenvalue weighted by atomic mass is 9.94. The van der Waals surface area contributed by atoms with Crippen LogP contribution in [0.15, 0.2) is 11.6 Å². The van der Waals surface area contributed by atoms with Crippen LogP contribution in [0.5, 0.6) is 0 Å². The number of allylic oxidation sites excluding steroid dienone is 2. The third-order valence-corrected chi connectivity index (χ3v) is 3.57. The third kappa shape index (κ3) is 1.01. The summed E-state index contributed by atoms with van der Waals surface area (Å²) in [4.78, 5) is 0.